The summed E-state index contributed by atoms with van der Waals surface area (Å²) >= 11 is 0. The molecule has 1 aromatic rings. The number of benzene rings is 1. The summed E-state index contributed by atoms with van der Waals surface area (Å²) in [6.07, 6.45) is -0.628. The standard InChI is InChI=1S/C11H13BFNO2/c1-11(2,3)16-10(15)14-7-4-5-8(12)9(13)6-7/h4-6H,1-3H3,(H,14,15). The Labute approximate surface area is 95.4 Å². The highest BCUT2D eigenvalue weighted by molar-refractivity contribution is 6.32. The molecule has 0 fully saturated rings. The van der Waals surface area contributed by atoms with Gasteiger partial charge in [-0.15, -0.1) is 0 Å². The van der Waals surface area contributed by atoms with Crippen LogP contribution >= 0.6 is 0 Å². The smallest absolute Gasteiger partial charge is 0.412 e. The van der Waals surface area contributed by atoms with Crippen LogP contribution in [0.25, 0.3) is 0 Å². The molecule has 16 heavy (non-hydrogen) atoms. The van der Waals surface area contributed by atoms with E-state index in [4.69, 9.17) is 12.6 Å². The largest absolute Gasteiger partial charge is 0.444 e. The minimum Gasteiger partial charge on any atom is -0.444 e. The zero-order chi connectivity index (χ0) is 12.3. The Balaban J connectivity index is 2.67. The lowest BCUT2D eigenvalue weighted by atomic mass is 9.95. The van der Waals surface area contributed by atoms with Crippen molar-refractivity contribution < 1.29 is 13.9 Å². The van der Waals surface area contributed by atoms with Crippen molar-refractivity contribution in [1.82, 2.24) is 0 Å². The summed E-state index contributed by atoms with van der Waals surface area (Å²) in [5, 5.41) is 2.41. The number of nitrogens with one attached hydrogen (secondary N) is 1. The lowest BCUT2D eigenvalue weighted by Gasteiger charge is -2.19. The van der Waals surface area contributed by atoms with Crippen LogP contribution in [0.1, 0.15) is 20.8 Å². The monoisotopic (exact) mass is 221 g/mol. The number of rotatable bonds is 1. The van der Waals surface area contributed by atoms with E-state index in [1.807, 2.05) is 0 Å². The van der Waals surface area contributed by atoms with Gasteiger partial charge in [0.05, 0.1) is 0 Å². The molecule has 0 saturated carbocycles. The maximum Gasteiger partial charge on any atom is 0.412 e. The zero-order valence-electron chi connectivity index (χ0n) is 9.50. The van der Waals surface area contributed by atoms with Gasteiger partial charge in [0.15, 0.2) is 0 Å². The topological polar surface area (TPSA) is 38.3 Å². The van der Waals surface area contributed by atoms with Crippen LogP contribution in [0.15, 0.2) is 18.2 Å². The SMILES string of the molecule is [B]c1ccc(NC(=O)OC(C)(C)C)cc1F. The van der Waals surface area contributed by atoms with Crippen LogP contribution in [0.4, 0.5) is 14.9 Å². The van der Waals surface area contributed by atoms with Crippen LogP contribution in [-0.4, -0.2) is 19.5 Å². The molecule has 0 unspecified atom stereocenters. The van der Waals surface area contributed by atoms with Crippen LogP contribution in [0.5, 0.6) is 0 Å². The third kappa shape index (κ3) is 3.92. The molecule has 0 aromatic heterocycles. The Kier molecular flexibility index (Phi) is 3.57. The summed E-state index contributed by atoms with van der Waals surface area (Å²) in [6.45, 7) is 5.24. The average molecular weight is 221 g/mol. The summed E-state index contributed by atoms with van der Waals surface area (Å²) < 4.78 is 18.1. The van der Waals surface area contributed by atoms with Crippen LogP contribution in [0.3, 0.4) is 0 Å². The van der Waals surface area contributed by atoms with Gasteiger partial charge in [0.25, 0.3) is 0 Å². The number of carbonyl (C=O) groups is 1. The van der Waals surface area contributed by atoms with E-state index >= 15 is 0 Å². The molecule has 0 saturated heterocycles. The molecule has 0 heterocycles. The van der Waals surface area contributed by atoms with Crippen molar-refractivity contribution in [1.29, 1.82) is 0 Å². The van der Waals surface area contributed by atoms with Gasteiger partial charge in [-0.05, 0) is 32.9 Å². The molecule has 0 aliphatic carbocycles. The first kappa shape index (κ1) is 12.6. The van der Waals surface area contributed by atoms with Crippen molar-refractivity contribution in [2.75, 3.05) is 5.32 Å². The van der Waals surface area contributed by atoms with E-state index in [9.17, 15) is 9.18 Å². The molecule has 1 amide bonds. The second kappa shape index (κ2) is 4.55. The maximum absolute atomic E-state index is 13.1. The van der Waals surface area contributed by atoms with Gasteiger partial charge in [-0.3, -0.25) is 5.32 Å². The lowest BCUT2D eigenvalue weighted by molar-refractivity contribution is 0.0636. The summed E-state index contributed by atoms with van der Waals surface area (Å²) in [4.78, 5) is 11.3. The molecule has 84 valence electrons. The molecule has 0 spiro atoms. The van der Waals surface area contributed by atoms with Crippen LogP contribution in [-0.2, 0) is 4.74 Å². The van der Waals surface area contributed by atoms with E-state index in [2.05, 4.69) is 5.32 Å². The van der Waals surface area contributed by atoms with Crippen LogP contribution in [0, 0.1) is 5.82 Å². The summed E-state index contributed by atoms with van der Waals surface area (Å²) in [5.41, 5.74) is -0.244. The second-order valence-electron chi connectivity index (χ2n) is 4.36. The van der Waals surface area contributed by atoms with Crippen molar-refractivity contribution in [3.63, 3.8) is 0 Å². The molecule has 3 nitrogen and oxygen atoms in total. The van der Waals surface area contributed by atoms with Crippen LogP contribution < -0.4 is 10.8 Å². The predicted octanol–water partition coefficient (Wildman–Crippen LogP) is 1.97. The van der Waals surface area contributed by atoms with Gasteiger partial charge in [-0.2, -0.15) is 0 Å². The van der Waals surface area contributed by atoms with E-state index in [1.165, 1.54) is 12.1 Å². The number of hydrogen-bond acceptors (Lipinski definition) is 2. The van der Waals surface area contributed by atoms with Crippen molar-refractivity contribution in [3.8, 4) is 0 Å². The molecule has 1 aromatic carbocycles. The number of carbonyl (C=O) groups excluding carboxylic acids is 1. The number of hydrogen-bond donors (Lipinski definition) is 1. The summed E-state index contributed by atoms with van der Waals surface area (Å²) in [6, 6.07) is 4.02. The molecule has 0 atom stereocenters. The second-order valence-corrected chi connectivity index (χ2v) is 4.36. The minimum absolute atomic E-state index is 0.0368. The third-order valence-corrected chi connectivity index (χ3v) is 1.65. The third-order valence-electron chi connectivity index (χ3n) is 1.65. The summed E-state index contributed by atoms with van der Waals surface area (Å²) in [7, 11) is 5.30. The van der Waals surface area contributed by atoms with Gasteiger partial charge in [-0.1, -0.05) is 11.5 Å². The first-order valence-corrected chi connectivity index (χ1v) is 4.83. The zero-order valence-corrected chi connectivity index (χ0v) is 9.50. The molecular weight excluding hydrogens is 208 g/mol. The lowest BCUT2D eigenvalue weighted by Crippen LogP contribution is -2.27. The first-order valence-electron chi connectivity index (χ1n) is 4.83. The fourth-order valence-electron chi connectivity index (χ4n) is 1.03. The average Bonchev–Trinajstić information content (AvgIpc) is 2.08. The van der Waals surface area contributed by atoms with Crippen LogP contribution in [0.2, 0.25) is 0 Å². The molecule has 1 rings (SSSR count). The van der Waals surface area contributed by atoms with E-state index < -0.39 is 17.5 Å². The Morgan fingerprint density at radius 2 is 2.06 bits per heavy atom. The number of amides is 1. The Morgan fingerprint density at radius 3 is 2.56 bits per heavy atom. The van der Waals surface area contributed by atoms with Gasteiger partial charge in [0, 0.05) is 5.69 Å². The Hall–Kier alpha value is -1.52. The first-order chi connectivity index (χ1) is 7.28. The Morgan fingerprint density at radius 1 is 1.44 bits per heavy atom. The van der Waals surface area contributed by atoms with Gasteiger partial charge < -0.3 is 4.74 Å². The van der Waals surface area contributed by atoms with E-state index in [1.54, 1.807) is 20.8 Å². The normalized spacial score (nSPS) is 11.0. The molecule has 1 N–H and O–H groups in total. The van der Waals surface area contributed by atoms with Crippen molar-refractivity contribution in [3.05, 3.63) is 24.0 Å². The van der Waals surface area contributed by atoms with Crippen molar-refractivity contribution >= 4 is 25.1 Å². The fourth-order valence-corrected chi connectivity index (χ4v) is 1.03. The number of halogens is 1. The predicted molar refractivity (Wildman–Crippen MR) is 61.6 cm³/mol. The quantitative estimate of drug-likeness (QED) is 0.736. The van der Waals surface area contributed by atoms with E-state index in [0.29, 0.717) is 5.69 Å². The summed E-state index contributed by atoms with van der Waals surface area (Å²) in [5.74, 6) is -0.575. The molecule has 0 bridgehead atoms. The van der Waals surface area contributed by atoms with Crippen molar-refractivity contribution in [2.45, 2.75) is 26.4 Å². The highest BCUT2D eigenvalue weighted by Crippen LogP contribution is 2.11. The van der Waals surface area contributed by atoms with Crippen molar-refractivity contribution in [2.24, 2.45) is 0 Å². The molecule has 5 heteroatoms. The van der Waals surface area contributed by atoms with E-state index in [0.717, 1.165) is 6.07 Å². The fraction of sp³-hybridized carbons (Fsp3) is 0.364. The van der Waals surface area contributed by atoms with Gasteiger partial charge in [0.1, 0.15) is 19.3 Å². The van der Waals surface area contributed by atoms with Gasteiger partial charge in [0.2, 0.25) is 0 Å². The molecule has 2 radical (unpaired) electrons. The highest BCUT2D eigenvalue weighted by atomic mass is 19.1. The maximum atomic E-state index is 13.1. The van der Waals surface area contributed by atoms with E-state index in [-0.39, 0.29) is 5.46 Å². The van der Waals surface area contributed by atoms with Gasteiger partial charge in [-0.25, -0.2) is 9.18 Å². The Bertz CT molecular complexity index is 401. The molecular formula is C11H13BFNO2. The highest BCUT2D eigenvalue weighted by Gasteiger charge is 2.16. The number of anilines is 1. The molecule has 0 aliphatic rings. The van der Waals surface area contributed by atoms with Gasteiger partial charge >= 0.3 is 6.09 Å². The number of ether oxygens (including phenoxy) is 1. The molecule has 0 aliphatic heterocycles. The minimum atomic E-state index is -0.628.